The number of carbonyl (C=O) groups excluding carboxylic acids is 1. The molecule has 0 aliphatic carbocycles. The Balaban J connectivity index is 2.60. The number of halogens is 1. The molecule has 0 aromatic heterocycles. The number of esters is 1. The van der Waals surface area contributed by atoms with E-state index < -0.39 is 5.97 Å². The van der Waals surface area contributed by atoms with Gasteiger partial charge < -0.3 is 15.8 Å². The Kier molecular flexibility index (Phi) is 4.66. The Morgan fingerprint density at radius 2 is 2.12 bits per heavy atom. The molecule has 0 bridgehead atoms. The summed E-state index contributed by atoms with van der Waals surface area (Å²) in [5.41, 5.74) is 6.34. The van der Waals surface area contributed by atoms with Crippen LogP contribution in [-0.4, -0.2) is 12.6 Å². The maximum atomic E-state index is 11.1. The molecule has 86 valence electrons. The zero-order valence-corrected chi connectivity index (χ0v) is 9.62. The Morgan fingerprint density at radius 1 is 1.50 bits per heavy atom. The highest BCUT2D eigenvalue weighted by Gasteiger charge is 1.99. The number of anilines is 1. The van der Waals surface area contributed by atoms with Crippen LogP contribution in [0.15, 0.2) is 36.2 Å². The lowest BCUT2D eigenvalue weighted by molar-refractivity contribution is -0.137. The van der Waals surface area contributed by atoms with Crippen LogP contribution in [0, 0.1) is 0 Å². The molecule has 0 spiro atoms. The van der Waals surface area contributed by atoms with E-state index in [-0.39, 0.29) is 5.82 Å². The molecular weight excluding hydrogens is 228 g/mol. The smallest absolute Gasteiger partial charge is 0.334 e. The van der Waals surface area contributed by atoms with Crippen LogP contribution in [0.5, 0.6) is 0 Å². The van der Waals surface area contributed by atoms with E-state index in [9.17, 15) is 4.79 Å². The van der Waals surface area contributed by atoms with Crippen molar-refractivity contribution < 1.29 is 9.53 Å². The Labute approximate surface area is 99.0 Å². The second-order valence-electron chi connectivity index (χ2n) is 2.98. The van der Waals surface area contributed by atoms with E-state index >= 15 is 0 Å². The third-order valence-corrected chi connectivity index (χ3v) is 1.94. The molecule has 0 heterocycles. The number of hydrogen-bond acceptors (Lipinski definition) is 4. The first kappa shape index (κ1) is 12.4. The number of rotatable bonds is 4. The number of benzene rings is 1. The molecule has 0 aliphatic rings. The van der Waals surface area contributed by atoms with E-state index in [1.807, 2.05) is 0 Å². The normalized spacial score (nSPS) is 11.0. The molecule has 3 N–H and O–H groups in total. The van der Waals surface area contributed by atoms with Crippen molar-refractivity contribution >= 4 is 23.3 Å². The molecule has 4 nitrogen and oxygen atoms in total. The standard InChI is InChI=1S/C11H13ClN2O2/c1-2-16-11(15)7-10(13)14-9-5-3-8(12)4-6-9/h3-7,14H,2,13H2,1H3/b10-7+. The van der Waals surface area contributed by atoms with Crippen molar-refractivity contribution in [1.82, 2.24) is 0 Å². The van der Waals surface area contributed by atoms with Gasteiger partial charge in [-0.25, -0.2) is 4.79 Å². The fourth-order valence-electron chi connectivity index (χ4n) is 1.05. The van der Waals surface area contributed by atoms with Gasteiger partial charge in [-0.15, -0.1) is 0 Å². The first-order chi connectivity index (χ1) is 7.61. The average molecular weight is 241 g/mol. The predicted molar refractivity (Wildman–Crippen MR) is 64.0 cm³/mol. The number of hydrogen-bond donors (Lipinski definition) is 2. The average Bonchev–Trinajstić information content (AvgIpc) is 2.21. The summed E-state index contributed by atoms with van der Waals surface area (Å²) in [5.74, 6) is -0.248. The third-order valence-electron chi connectivity index (χ3n) is 1.69. The zero-order valence-electron chi connectivity index (χ0n) is 8.87. The van der Waals surface area contributed by atoms with Crippen LogP contribution in [0.2, 0.25) is 5.02 Å². The Morgan fingerprint density at radius 3 is 2.69 bits per heavy atom. The minimum absolute atomic E-state index is 0.223. The number of ether oxygens (including phenoxy) is 1. The first-order valence-corrected chi connectivity index (χ1v) is 5.16. The number of nitrogens with two attached hydrogens (primary N) is 1. The molecule has 1 aromatic rings. The largest absolute Gasteiger partial charge is 0.463 e. The minimum atomic E-state index is -0.471. The van der Waals surface area contributed by atoms with Gasteiger partial charge in [0.2, 0.25) is 0 Å². The predicted octanol–water partition coefficient (Wildman–Crippen LogP) is 2.12. The highest BCUT2D eigenvalue weighted by molar-refractivity contribution is 6.30. The molecule has 16 heavy (non-hydrogen) atoms. The molecule has 0 aliphatic heterocycles. The van der Waals surface area contributed by atoms with Gasteiger partial charge in [-0.2, -0.15) is 0 Å². The van der Waals surface area contributed by atoms with Gasteiger partial charge in [-0.3, -0.25) is 0 Å². The molecule has 0 unspecified atom stereocenters. The van der Waals surface area contributed by atoms with E-state index in [1.165, 1.54) is 6.08 Å². The van der Waals surface area contributed by atoms with Crippen molar-refractivity contribution in [2.75, 3.05) is 11.9 Å². The van der Waals surface area contributed by atoms with Crippen molar-refractivity contribution in [2.24, 2.45) is 5.73 Å². The zero-order chi connectivity index (χ0) is 12.0. The maximum absolute atomic E-state index is 11.1. The molecule has 0 saturated heterocycles. The molecule has 1 aromatic carbocycles. The van der Waals surface area contributed by atoms with Gasteiger partial charge in [0.25, 0.3) is 0 Å². The Bertz CT molecular complexity index is 387. The van der Waals surface area contributed by atoms with Crippen LogP contribution in [0.25, 0.3) is 0 Å². The van der Waals surface area contributed by atoms with E-state index in [1.54, 1.807) is 31.2 Å². The molecule has 5 heteroatoms. The summed E-state index contributed by atoms with van der Waals surface area (Å²) in [6, 6.07) is 6.96. The summed E-state index contributed by atoms with van der Waals surface area (Å²) in [5, 5.41) is 3.48. The summed E-state index contributed by atoms with van der Waals surface area (Å²) in [7, 11) is 0. The summed E-state index contributed by atoms with van der Waals surface area (Å²) >= 11 is 5.73. The lowest BCUT2D eigenvalue weighted by Crippen LogP contribution is -2.12. The lowest BCUT2D eigenvalue weighted by atomic mass is 10.3. The van der Waals surface area contributed by atoms with Crippen LogP contribution < -0.4 is 11.1 Å². The van der Waals surface area contributed by atoms with E-state index in [0.29, 0.717) is 11.6 Å². The van der Waals surface area contributed by atoms with Crippen molar-refractivity contribution in [3.05, 3.63) is 41.2 Å². The monoisotopic (exact) mass is 240 g/mol. The van der Waals surface area contributed by atoms with Crippen LogP contribution in [0.3, 0.4) is 0 Å². The van der Waals surface area contributed by atoms with E-state index in [2.05, 4.69) is 5.32 Å². The van der Waals surface area contributed by atoms with Gasteiger partial charge in [-0.05, 0) is 31.2 Å². The fraction of sp³-hybridized carbons (Fsp3) is 0.182. The number of carbonyl (C=O) groups is 1. The fourth-order valence-corrected chi connectivity index (χ4v) is 1.17. The van der Waals surface area contributed by atoms with E-state index in [4.69, 9.17) is 22.1 Å². The molecule has 0 radical (unpaired) electrons. The molecule has 0 fully saturated rings. The van der Waals surface area contributed by atoms with Crippen LogP contribution in [0.1, 0.15) is 6.92 Å². The van der Waals surface area contributed by atoms with Gasteiger partial charge in [0.1, 0.15) is 5.82 Å². The Hall–Kier alpha value is -1.68. The highest BCUT2D eigenvalue weighted by atomic mass is 35.5. The van der Waals surface area contributed by atoms with Crippen molar-refractivity contribution in [3.8, 4) is 0 Å². The van der Waals surface area contributed by atoms with Gasteiger partial charge in [0.05, 0.1) is 12.7 Å². The van der Waals surface area contributed by atoms with Crippen LogP contribution >= 0.6 is 11.6 Å². The summed E-state index contributed by atoms with van der Waals surface area (Å²) in [6.45, 7) is 2.05. The van der Waals surface area contributed by atoms with Crippen LogP contribution in [0.4, 0.5) is 5.69 Å². The highest BCUT2D eigenvalue weighted by Crippen LogP contribution is 2.13. The molecule has 0 atom stereocenters. The summed E-state index contributed by atoms with van der Waals surface area (Å²) in [6.07, 6.45) is 1.19. The minimum Gasteiger partial charge on any atom is -0.463 e. The molecule has 0 amide bonds. The van der Waals surface area contributed by atoms with E-state index in [0.717, 1.165) is 5.69 Å². The molecule has 1 rings (SSSR count). The van der Waals surface area contributed by atoms with Gasteiger partial charge in [-0.1, -0.05) is 11.6 Å². The topological polar surface area (TPSA) is 64.3 Å². The second-order valence-corrected chi connectivity index (χ2v) is 3.42. The van der Waals surface area contributed by atoms with Gasteiger partial charge >= 0.3 is 5.97 Å². The summed E-state index contributed by atoms with van der Waals surface area (Å²) < 4.78 is 4.71. The van der Waals surface area contributed by atoms with Crippen molar-refractivity contribution in [1.29, 1.82) is 0 Å². The summed E-state index contributed by atoms with van der Waals surface area (Å²) in [4.78, 5) is 11.1. The molecular formula is C11H13ClN2O2. The SMILES string of the molecule is CCOC(=O)/C=C(\N)Nc1ccc(Cl)cc1. The van der Waals surface area contributed by atoms with Crippen molar-refractivity contribution in [3.63, 3.8) is 0 Å². The maximum Gasteiger partial charge on any atom is 0.334 e. The number of nitrogens with one attached hydrogen (secondary N) is 1. The first-order valence-electron chi connectivity index (χ1n) is 4.78. The van der Waals surface area contributed by atoms with Crippen molar-refractivity contribution in [2.45, 2.75) is 6.92 Å². The second kappa shape index (κ2) is 6.02. The quantitative estimate of drug-likeness (QED) is 0.625. The van der Waals surface area contributed by atoms with Gasteiger partial charge in [0.15, 0.2) is 0 Å². The van der Waals surface area contributed by atoms with Crippen LogP contribution in [-0.2, 0) is 9.53 Å². The molecule has 0 saturated carbocycles. The third kappa shape index (κ3) is 4.23. The lowest BCUT2D eigenvalue weighted by Gasteiger charge is -2.06. The van der Waals surface area contributed by atoms with Gasteiger partial charge in [0, 0.05) is 10.7 Å².